The van der Waals surface area contributed by atoms with Crippen molar-refractivity contribution >= 4 is 83.3 Å². The number of allylic oxidation sites excluding steroid dienone is 1. The van der Waals surface area contributed by atoms with Gasteiger partial charge in [0.15, 0.2) is 0 Å². The van der Waals surface area contributed by atoms with Gasteiger partial charge in [-0.25, -0.2) is 0 Å². The van der Waals surface area contributed by atoms with Crippen molar-refractivity contribution in [2.45, 2.75) is 134 Å². The molecular weight excluding hydrogens is 965 g/mol. The van der Waals surface area contributed by atoms with E-state index in [2.05, 4.69) is 251 Å². The van der Waals surface area contributed by atoms with Gasteiger partial charge in [-0.15, -0.1) is 0 Å². The summed E-state index contributed by atoms with van der Waals surface area (Å²) in [5.74, 6) is 0. The lowest BCUT2D eigenvalue weighted by atomic mass is 9.84. The summed E-state index contributed by atoms with van der Waals surface area (Å²) in [6.07, 6.45) is 12.7. The standard InChI is InChI=1S/C78H78N2/c1-13-53-41-65(42-54(14-2)67(53)17-5)79(63-35-47(7)51(11)48(8)36-63)75-45-73(61-29-27-57-23-19-21-25-59(57)39-61)69-32-34-72-76(46-74(70-31-33-71(75)77(69)78(70)72)62-30-28-58-24-20-22-26-60(58)40-62)80(64-37-49(9)52(12)50(10)38-64)66-43-55(15-3)68(18-6)56(16-4)44-66/h19-21,23-25,27-46H,13-18,22,26H2,1-12H3. The van der Waals surface area contributed by atoms with E-state index in [1.54, 1.807) is 0 Å². The van der Waals surface area contributed by atoms with Crippen LogP contribution in [0.4, 0.5) is 34.1 Å². The highest BCUT2D eigenvalue weighted by atomic mass is 15.2. The zero-order chi connectivity index (χ0) is 55.7. The molecule has 12 rings (SSSR count). The Balaban J connectivity index is 1.28. The normalized spacial score (nSPS) is 12.4. The van der Waals surface area contributed by atoms with Gasteiger partial charge in [-0.05, 0) is 281 Å². The zero-order valence-corrected chi connectivity index (χ0v) is 49.6. The molecule has 0 unspecified atom stereocenters. The molecule has 0 spiro atoms. The molecule has 1 aliphatic carbocycles. The minimum absolute atomic E-state index is 0.979. The van der Waals surface area contributed by atoms with Crippen molar-refractivity contribution in [3.05, 3.63) is 230 Å². The quantitative estimate of drug-likeness (QED) is 0.100. The largest absolute Gasteiger partial charge is 0.310 e. The van der Waals surface area contributed by atoms with Gasteiger partial charge in [0.05, 0.1) is 11.4 Å². The minimum atomic E-state index is 0.979. The van der Waals surface area contributed by atoms with Crippen LogP contribution in [-0.4, -0.2) is 0 Å². The first-order chi connectivity index (χ1) is 38.9. The Morgan fingerprint density at radius 2 is 0.787 bits per heavy atom. The maximum Gasteiger partial charge on any atom is 0.0546 e. The third kappa shape index (κ3) is 8.87. The van der Waals surface area contributed by atoms with Crippen molar-refractivity contribution in [1.29, 1.82) is 0 Å². The topological polar surface area (TPSA) is 6.48 Å². The highest BCUT2D eigenvalue weighted by Crippen LogP contribution is 2.53. The average Bonchev–Trinajstić information content (AvgIpc) is 3.63. The van der Waals surface area contributed by atoms with Gasteiger partial charge in [0.1, 0.15) is 0 Å². The summed E-state index contributed by atoms with van der Waals surface area (Å²) in [4.78, 5) is 5.27. The van der Waals surface area contributed by atoms with Crippen molar-refractivity contribution in [2.75, 3.05) is 9.80 Å². The molecular formula is C78H78N2. The van der Waals surface area contributed by atoms with E-state index in [-0.39, 0.29) is 0 Å². The SMILES string of the molecule is CCc1cc(N(c2cc(C)c(C)c(C)c2)c2cc(-c3ccc4c(c3)CCC=C4)c3ccc4c(N(c5cc(C)c(C)c(C)c5)c5cc(CC)c(CC)c(CC)c5)cc(-c5ccc6ccccc6c5)c5ccc2c3c54)cc(CC)c1CC. The van der Waals surface area contributed by atoms with Crippen LogP contribution in [0.5, 0.6) is 0 Å². The summed E-state index contributed by atoms with van der Waals surface area (Å²) in [6.45, 7) is 27.7. The van der Waals surface area contributed by atoms with Gasteiger partial charge in [-0.1, -0.05) is 133 Å². The summed E-state index contributed by atoms with van der Waals surface area (Å²) in [5.41, 5.74) is 31.5. The highest BCUT2D eigenvalue weighted by molar-refractivity contribution is 6.32. The number of hydrogen-bond acceptors (Lipinski definition) is 2. The minimum Gasteiger partial charge on any atom is -0.310 e. The smallest absolute Gasteiger partial charge is 0.0546 e. The molecule has 1 aliphatic rings. The van der Waals surface area contributed by atoms with Crippen LogP contribution >= 0.6 is 0 Å². The Bertz CT molecular complexity index is 4180. The van der Waals surface area contributed by atoms with Crippen LogP contribution in [-0.2, 0) is 44.9 Å². The second-order valence-corrected chi connectivity index (χ2v) is 23.1. The number of hydrogen-bond donors (Lipinski definition) is 0. The van der Waals surface area contributed by atoms with Gasteiger partial charge >= 0.3 is 0 Å². The van der Waals surface area contributed by atoms with Crippen LogP contribution in [0.2, 0.25) is 0 Å². The average molecular weight is 1040 g/mol. The van der Waals surface area contributed by atoms with Gasteiger partial charge in [-0.2, -0.15) is 0 Å². The van der Waals surface area contributed by atoms with E-state index in [1.165, 1.54) is 177 Å². The maximum absolute atomic E-state index is 2.64. The summed E-state index contributed by atoms with van der Waals surface area (Å²) in [6, 6.07) is 58.0. The monoisotopic (exact) mass is 1040 g/mol. The molecule has 11 aromatic carbocycles. The highest BCUT2D eigenvalue weighted by Gasteiger charge is 2.28. The second kappa shape index (κ2) is 21.3. The van der Waals surface area contributed by atoms with Crippen LogP contribution in [0.25, 0.3) is 71.4 Å². The van der Waals surface area contributed by atoms with Gasteiger partial charge in [0.2, 0.25) is 0 Å². The fourth-order valence-electron chi connectivity index (χ4n) is 13.9. The van der Waals surface area contributed by atoms with E-state index < -0.39 is 0 Å². The van der Waals surface area contributed by atoms with E-state index >= 15 is 0 Å². The lowest BCUT2D eigenvalue weighted by Gasteiger charge is -2.33. The molecule has 0 aliphatic heterocycles. The Morgan fingerprint density at radius 3 is 1.24 bits per heavy atom. The van der Waals surface area contributed by atoms with Crippen molar-refractivity contribution < 1.29 is 0 Å². The van der Waals surface area contributed by atoms with Crippen LogP contribution in [0.3, 0.4) is 0 Å². The Hall–Kier alpha value is -7.94. The first-order valence-corrected chi connectivity index (χ1v) is 30.0. The predicted molar refractivity (Wildman–Crippen MR) is 350 cm³/mol. The fourth-order valence-corrected chi connectivity index (χ4v) is 13.9. The van der Waals surface area contributed by atoms with E-state index in [9.17, 15) is 0 Å². The molecule has 0 fully saturated rings. The van der Waals surface area contributed by atoms with Crippen LogP contribution in [0, 0.1) is 41.5 Å². The number of nitrogens with zero attached hydrogens (tertiary/aromatic N) is 2. The molecule has 0 heterocycles. The second-order valence-electron chi connectivity index (χ2n) is 23.1. The Labute approximate surface area is 476 Å². The molecule has 0 saturated carbocycles. The van der Waals surface area contributed by atoms with E-state index in [0.29, 0.717) is 0 Å². The van der Waals surface area contributed by atoms with Crippen molar-refractivity contribution in [3.63, 3.8) is 0 Å². The number of anilines is 6. The molecule has 0 radical (unpaired) electrons. The number of rotatable bonds is 14. The molecule has 0 amide bonds. The van der Waals surface area contributed by atoms with E-state index in [1.807, 2.05) is 0 Å². The molecule has 11 aromatic rings. The zero-order valence-electron chi connectivity index (χ0n) is 49.6. The summed E-state index contributed by atoms with van der Waals surface area (Å²) in [7, 11) is 0. The molecule has 80 heavy (non-hydrogen) atoms. The van der Waals surface area contributed by atoms with E-state index in [0.717, 1.165) is 51.4 Å². The first-order valence-electron chi connectivity index (χ1n) is 30.0. The van der Waals surface area contributed by atoms with Gasteiger partial charge in [0, 0.05) is 44.3 Å². The summed E-state index contributed by atoms with van der Waals surface area (Å²) >= 11 is 0. The third-order valence-electron chi connectivity index (χ3n) is 18.7. The molecule has 0 atom stereocenters. The summed E-state index contributed by atoms with van der Waals surface area (Å²) < 4.78 is 0. The van der Waals surface area contributed by atoms with Gasteiger partial charge in [0.25, 0.3) is 0 Å². The fraction of sp³-hybridized carbons (Fsp3) is 0.256. The predicted octanol–water partition coefficient (Wildman–Crippen LogP) is 22.2. The number of fused-ring (bicyclic) bond motifs is 2. The van der Waals surface area contributed by atoms with Gasteiger partial charge < -0.3 is 9.80 Å². The molecule has 2 heteroatoms. The van der Waals surface area contributed by atoms with Crippen LogP contribution < -0.4 is 9.80 Å². The molecule has 400 valence electrons. The van der Waals surface area contributed by atoms with Crippen molar-refractivity contribution in [1.82, 2.24) is 0 Å². The molecule has 0 N–H and O–H groups in total. The molecule has 0 aromatic heterocycles. The lowest BCUT2D eigenvalue weighted by Crippen LogP contribution is -2.14. The van der Waals surface area contributed by atoms with Crippen LogP contribution in [0.15, 0.2) is 152 Å². The lowest BCUT2D eigenvalue weighted by molar-refractivity contribution is 0.978. The molecule has 2 nitrogen and oxygen atoms in total. The van der Waals surface area contributed by atoms with Crippen LogP contribution in [0.1, 0.15) is 126 Å². The molecule has 0 saturated heterocycles. The van der Waals surface area contributed by atoms with Gasteiger partial charge in [-0.3, -0.25) is 0 Å². The third-order valence-corrected chi connectivity index (χ3v) is 18.7. The Kier molecular flexibility index (Phi) is 14.0. The first kappa shape index (κ1) is 52.7. The maximum atomic E-state index is 2.64. The number of aryl methyl sites for hydroxylation is 9. The van der Waals surface area contributed by atoms with Crippen molar-refractivity contribution in [2.24, 2.45) is 0 Å². The Morgan fingerprint density at radius 1 is 0.375 bits per heavy atom. The number of benzene rings is 11. The summed E-state index contributed by atoms with van der Waals surface area (Å²) in [5, 5.41) is 10.1. The van der Waals surface area contributed by atoms with Crippen molar-refractivity contribution in [3.8, 4) is 22.3 Å². The molecule has 0 bridgehead atoms. The van der Waals surface area contributed by atoms with E-state index in [4.69, 9.17) is 0 Å².